The van der Waals surface area contributed by atoms with Gasteiger partial charge in [-0.2, -0.15) is 0 Å². The number of halogens is 2. The highest BCUT2D eigenvalue weighted by Crippen LogP contribution is 2.31. The summed E-state index contributed by atoms with van der Waals surface area (Å²) < 4.78 is 0. The molecule has 3 aromatic rings. The van der Waals surface area contributed by atoms with E-state index in [1.54, 1.807) is 12.1 Å². The lowest BCUT2D eigenvalue weighted by atomic mass is 10.1. The fraction of sp³-hybridized carbons (Fsp3) is 0.133. The second-order valence-corrected chi connectivity index (χ2v) is 5.53. The summed E-state index contributed by atoms with van der Waals surface area (Å²) in [6.45, 7) is 4.12. The van der Waals surface area contributed by atoms with Crippen LogP contribution >= 0.6 is 23.2 Å². The summed E-state index contributed by atoms with van der Waals surface area (Å²) in [4.78, 5) is 7.93. The molecule has 0 saturated carbocycles. The van der Waals surface area contributed by atoms with Crippen molar-refractivity contribution in [3.8, 4) is 11.4 Å². The summed E-state index contributed by atoms with van der Waals surface area (Å²) in [6, 6.07) is 9.57. The average Bonchev–Trinajstić information content (AvgIpc) is 2.76. The number of aromatic amines is 1. The minimum absolute atomic E-state index is 0.637. The minimum atomic E-state index is 0.637. The topological polar surface area (TPSA) is 28.7 Å². The monoisotopic (exact) mass is 290 g/mol. The van der Waals surface area contributed by atoms with E-state index >= 15 is 0 Å². The number of fused-ring (bicyclic) bond motifs is 1. The molecule has 1 N–H and O–H groups in total. The van der Waals surface area contributed by atoms with E-state index in [0.29, 0.717) is 10.0 Å². The van der Waals surface area contributed by atoms with Gasteiger partial charge in [-0.1, -0.05) is 29.3 Å². The Morgan fingerprint density at radius 3 is 2.63 bits per heavy atom. The van der Waals surface area contributed by atoms with Gasteiger partial charge >= 0.3 is 0 Å². The predicted molar refractivity (Wildman–Crippen MR) is 81.0 cm³/mol. The van der Waals surface area contributed by atoms with E-state index in [2.05, 4.69) is 35.9 Å². The number of imidazole rings is 1. The van der Waals surface area contributed by atoms with Crippen molar-refractivity contribution in [1.29, 1.82) is 0 Å². The Morgan fingerprint density at radius 1 is 1.05 bits per heavy atom. The molecule has 19 heavy (non-hydrogen) atoms. The third kappa shape index (κ3) is 2.22. The Kier molecular flexibility index (Phi) is 3.00. The van der Waals surface area contributed by atoms with E-state index in [9.17, 15) is 0 Å². The first-order valence-corrected chi connectivity index (χ1v) is 6.72. The number of benzene rings is 2. The largest absolute Gasteiger partial charge is 0.338 e. The van der Waals surface area contributed by atoms with Crippen LogP contribution in [0.3, 0.4) is 0 Å². The molecule has 0 aliphatic heterocycles. The lowest BCUT2D eigenvalue weighted by molar-refractivity contribution is 1.33. The van der Waals surface area contributed by atoms with Crippen molar-refractivity contribution >= 4 is 34.2 Å². The van der Waals surface area contributed by atoms with E-state index in [-0.39, 0.29) is 0 Å². The van der Waals surface area contributed by atoms with Gasteiger partial charge < -0.3 is 4.98 Å². The van der Waals surface area contributed by atoms with Crippen molar-refractivity contribution in [2.45, 2.75) is 13.8 Å². The van der Waals surface area contributed by atoms with Gasteiger partial charge in [0.2, 0.25) is 0 Å². The van der Waals surface area contributed by atoms with Gasteiger partial charge in [0.25, 0.3) is 0 Å². The maximum Gasteiger partial charge on any atom is 0.140 e. The highest BCUT2D eigenvalue weighted by molar-refractivity contribution is 6.35. The number of H-pyrrole nitrogens is 1. The molecule has 0 amide bonds. The van der Waals surface area contributed by atoms with Crippen LogP contribution in [0.5, 0.6) is 0 Å². The highest BCUT2D eigenvalue weighted by Gasteiger charge is 2.11. The predicted octanol–water partition coefficient (Wildman–Crippen LogP) is 5.15. The Bertz CT molecular complexity index is 775. The van der Waals surface area contributed by atoms with Gasteiger partial charge in [0.1, 0.15) is 5.82 Å². The smallest absolute Gasteiger partial charge is 0.140 e. The summed E-state index contributed by atoms with van der Waals surface area (Å²) in [5, 5.41) is 1.28. The summed E-state index contributed by atoms with van der Waals surface area (Å²) in [5.41, 5.74) is 5.16. The average molecular weight is 291 g/mol. The molecule has 0 unspecified atom stereocenters. The number of nitrogens with one attached hydrogen (secondary N) is 1. The lowest BCUT2D eigenvalue weighted by Gasteiger charge is -2.00. The van der Waals surface area contributed by atoms with E-state index in [1.165, 1.54) is 5.56 Å². The van der Waals surface area contributed by atoms with Crippen LogP contribution in [0.15, 0.2) is 30.3 Å². The number of aryl methyl sites for hydroxylation is 2. The van der Waals surface area contributed by atoms with Gasteiger partial charge in [-0.25, -0.2) is 4.98 Å². The van der Waals surface area contributed by atoms with Crippen LogP contribution in [-0.4, -0.2) is 9.97 Å². The first-order valence-electron chi connectivity index (χ1n) is 5.97. The Morgan fingerprint density at radius 2 is 1.84 bits per heavy atom. The molecule has 2 nitrogen and oxygen atoms in total. The van der Waals surface area contributed by atoms with Gasteiger partial charge in [-0.3, -0.25) is 0 Å². The zero-order valence-corrected chi connectivity index (χ0v) is 12.1. The Labute approximate surface area is 121 Å². The molecule has 0 bridgehead atoms. The van der Waals surface area contributed by atoms with Gasteiger partial charge in [0.05, 0.1) is 16.1 Å². The fourth-order valence-electron chi connectivity index (χ4n) is 2.28. The van der Waals surface area contributed by atoms with Crippen molar-refractivity contribution < 1.29 is 0 Å². The maximum atomic E-state index is 6.21. The molecule has 96 valence electrons. The molecule has 0 aliphatic rings. The van der Waals surface area contributed by atoms with Crippen LogP contribution in [0.1, 0.15) is 11.1 Å². The quantitative estimate of drug-likeness (QED) is 0.659. The molecule has 1 aromatic heterocycles. The maximum absolute atomic E-state index is 6.21. The zero-order valence-electron chi connectivity index (χ0n) is 10.6. The molecule has 0 aliphatic carbocycles. The number of aromatic nitrogens is 2. The molecule has 3 rings (SSSR count). The van der Waals surface area contributed by atoms with Crippen LogP contribution in [0, 0.1) is 13.8 Å². The molecule has 0 atom stereocenters. The van der Waals surface area contributed by atoms with Crippen LogP contribution in [0.25, 0.3) is 22.4 Å². The van der Waals surface area contributed by atoms with Crippen molar-refractivity contribution in [3.63, 3.8) is 0 Å². The number of hydrogen-bond donors (Lipinski definition) is 1. The molecule has 0 fully saturated rings. The molecule has 2 aromatic carbocycles. The van der Waals surface area contributed by atoms with Crippen molar-refractivity contribution in [2.75, 3.05) is 0 Å². The SMILES string of the molecule is Cc1cc(C)c2nc(-c3cc(Cl)ccc3Cl)[nH]c2c1. The molecule has 0 spiro atoms. The van der Waals surface area contributed by atoms with Crippen molar-refractivity contribution in [3.05, 3.63) is 51.5 Å². The van der Waals surface area contributed by atoms with Gasteiger partial charge in [-0.15, -0.1) is 0 Å². The number of nitrogens with zero attached hydrogens (tertiary/aromatic N) is 1. The van der Waals surface area contributed by atoms with E-state index in [4.69, 9.17) is 23.2 Å². The van der Waals surface area contributed by atoms with Gasteiger partial charge in [0, 0.05) is 10.6 Å². The Balaban J connectivity index is 2.26. The second-order valence-electron chi connectivity index (χ2n) is 4.69. The van der Waals surface area contributed by atoms with E-state index < -0.39 is 0 Å². The molecule has 1 heterocycles. The van der Waals surface area contributed by atoms with E-state index in [0.717, 1.165) is 28.0 Å². The van der Waals surface area contributed by atoms with Crippen molar-refractivity contribution in [1.82, 2.24) is 9.97 Å². The zero-order chi connectivity index (χ0) is 13.6. The lowest BCUT2D eigenvalue weighted by Crippen LogP contribution is -1.82. The summed E-state index contributed by atoms with van der Waals surface area (Å²) in [5.74, 6) is 0.746. The van der Waals surface area contributed by atoms with Crippen LogP contribution < -0.4 is 0 Å². The highest BCUT2D eigenvalue weighted by atomic mass is 35.5. The molecule has 4 heteroatoms. The van der Waals surface area contributed by atoms with Gasteiger partial charge in [0.15, 0.2) is 0 Å². The summed E-state index contributed by atoms with van der Waals surface area (Å²) in [6.07, 6.45) is 0. The summed E-state index contributed by atoms with van der Waals surface area (Å²) >= 11 is 12.2. The van der Waals surface area contributed by atoms with Crippen molar-refractivity contribution in [2.24, 2.45) is 0 Å². The van der Waals surface area contributed by atoms with Gasteiger partial charge in [-0.05, 0) is 49.2 Å². The van der Waals surface area contributed by atoms with Crippen LogP contribution in [-0.2, 0) is 0 Å². The minimum Gasteiger partial charge on any atom is -0.338 e. The second kappa shape index (κ2) is 4.55. The first kappa shape index (κ1) is 12.5. The first-order chi connectivity index (χ1) is 9.04. The fourth-order valence-corrected chi connectivity index (χ4v) is 2.66. The molecular weight excluding hydrogens is 279 g/mol. The molecule has 0 radical (unpaired) electrons. The number of hydrogen-bond acceptors (Lipinski definition) is 1. The Hall–Kier alpha value is -1.51. The third-order valence-electron chi connectivity index (χ3n) is 3.11. The standard InChI is InChI=1S/C15H12Cl2N2/c1-8-5-9(2)14-13(6-8)18-15(19-14)11-7-10(16)3-4-12(11)17/h3-7H,1-2H3,(H,18,19). The third-order valence-corrected chi connectivity index (χ3v) is 3.67. The molecular formula is C15H12Cl2N2. The summed E-state index contributed by atoms with van der Waals surface area (Å²) in [7, 11) is 0. The van der Waals surface area contributed by atoms with Crippen LogP contribution in [0.2, 0.25) is 10.0 Å². The normalized spacial score (nSPS) is 11.2. The van der Waals surface area contributed by atoms with Crippen LogP contribution in [0.4, 0.5) is 0 Å². The van der Waals surface area contributed by atoms with E-state index in [1.807, 2.05) is 6.07 Å². The molecule has 0 saturated heterocycles. The number of rotatable bonds is 1.